The summed E-state index contributed by atoms with van der Waals surface area (Å²) in [7, 11) is 1.67. The minimum atomic E-state index is -0.381. The van der Waals surface area contributed by atoms with Crippen LogP contribution in [0.2, 0.25) is 0 Å². The molecule has 0 radical (unpaired) electrons. The smallest absolute Gasteiger partial charge is 0.183 e. The van der Waals surface area contributed by atoms with Crippen LogP contribution in [0.3, 0.4) is 0 Å². The van der Waals surface area contributed by atoms with Crippen molar-refractivity contribution in [2.24, 2.45) is 5.41 Å². The molecule has 2 aromatic carbocycles. The maximum absolute atomic E-state index is 6.21. The Morgan fingerprint density at radius 1 is 0.659 bits per heavy atom. The van der Waals surface area contributed by atoms with Crippen LogP contribution in [-0.2, 0) is 25.6 Å². The SMILES string of the molecule is CCCCCCCCCCCCCCCCOCC1(COCc2ccccc2)COC(c2ccc(OC)cc2)OC1. The highest BCUT2D eigenvalue weighted by molar-refractivity contribution is 5.28. The Balaban J connectivity index is 1.30. The largest absolute Gasteiger partial charge is 0.497 e. The van der Waals surface area contributed by atoms with Gasteiger partial charge in [-0.2, -0.15) is 0 Å². The summed E-state index contributed by atoms with van der Waals surface area (Å²) in [6.45, 7) is 5.83. The lowest BCUT2D eigenvalue weighted by Crippen LogP contribution is -2.46. The van der Waals surface area contributed by atoms with E-state index in [-0.39, 0.29) is 11.7 Å². The van der Waals surface area contributed by atoms with Crippen molar-refractivity contribution in [3.05, 3.63) is 65.7 Å². The molecule has 0 spiro atoms. The number of rotatable bonds is 23. The average molecular weight is 569 g/mol. The molecule has 0 atom stereocenters. The molecule has 0 aliphatic carbocycles. The van der Waals surface area contributed by atoms with Crippen molar-refractivity contribution in [3.8, 4) is 5.75 Å². The fraction of sp³-hybridized carbons (Fsp3) is 0.667. The van der Waals surface area contributed by atoms with E-state index >= 15 is 0 Å². The molecule has 0 N–H and O–H groups in total. The van der Waals surface area contributed by atoms with E-state index in [9.17, 15) is 0 Å². The van der Waals surface area contributed by atoms with Gasteiger partial charge in [0.25, 0.3) is 0 Å². The van der Waals surface area contributed by atoms with E-state index in [0.717, 1.165) is 24.3 Å². The molecule has 1 saturated heterocycles. The van der Waals surface area contributed by atoms with Gasteiger partial charge in [0.2, 0.25) is 0 Å². The Kier molecular flexibility index (Phi) is 17.1. The maximum Gasteiger partial charge on any atom is 0.183 e. The van der Waals surface area contributed by atoms with E-state index in [1.807, 2.05) is 42.5 Å². The van der Waals surface area contributed by atoms with Crippen molar-refractivity contribution in [1.29, 1.82) is 0 Å². The molecule has 41 heavy (non-hydrogen) atoms. The van der Waals surface area contributed by atoms with Gasteiger partial charge in [0.1, 0.15) is 5.75 Å². The van der Waals surface area contributed by atoms with Gasteiger partial charge >= 0.3 is 0 Å². The first kappa shape index (κ1) is 33.6. The van der Waals surface area contributed by atoms with E-state index in [1.54, 1.807) is 7.11 Å². The summed E-state index contributed by atoms with van der Waals surface area (Å²) in [5.41, 5.74) is 1.85. The zero-order valence-electron chi connectivity index (χ0n) is 26.0. The molecule has 0 aromatic heterocycles. The molecule has 5 heteroatoms. The van der Waals surface area contributed by atoms with Gasteiger partial charge < -0.3 is 23.7 Å². The molecule has 1 fully saturated rings. The van der Waals surface area contributed by atoms with Gasteiger partial charge in [-0.05, 0) is 24.1 Å². The second-order valence-electron chi connectivity index (χ2n) is 11.9. The first-order valence-electron chi connectivity index (χ1n) is 16.3. The van der Waals surface area contributed by atoms with Crippen molar-refractivity contribution >= 4 is 0 Å². The third kappa shape index (κ3) is 13.7. The van der Waals surface area contributed by atoms with Gasteiger partial charge in [0.15, 0.2) is 6.29 Å². The topological polar surface area (TPSA) is 46.2 Å². The van der Waals surface area contributed by atoms with Crippen molar-refractivity contribution in [3.63, 3.8) is 0 Å². The summed E-state index contributed by atoms with van der Waals surface area (Å²) in [5.74, 6) is 0.824. The molecule has 0 amide bonds. The summed E-state index contributed by atoms with van der Waals surface area (Å²) in [6.07, 6.45) is 18.7. The van der Waals surface area contributed by atoms with Crippen LogP contribution in [0, 0.1) is 5.41 Å². The molecule has 1 aliphatic heterocycles. The number of ether oxygens (including phenoxy) is 5. The number of unbranched alkanes of at least 4 members (excludes halogenated alkanes) is 13. The Bertz CT molecular complexity index is 877. The summed E-state index contributed by atoms with van der Waals surface area (Å²) < 4.78 is 30.1. The number of hydrogen-bond acceptors (Lipinski definition) is 5. The summed E-state index contributed by atoms with van der Waals surface area (Å²) in [6, 6.07) is 18.2. The highest BCUT2D eigenvalue weighted by Crippen LogP contribution is 2.33. The summed E-state index contributed by atoms with van der Waals surface area (Å²) in [4.78, 5) is 0. The first-order chi connectivity index (χ1) is 20.2. The Morgan fingerprint density at radius 3 is 1.76 bits per heavy atom. The zero-order valence-corrected chi connectivity index (χ0v) is 26.0. The first-order valence-corrected chi connectivity index (χ1v) is 16.3. The Hall–Kier alpha value is -1.92. The van der Waals surface area contributed by atoms with Crippen LogP contribution in [0.4, 0.5) is 0 Å². The molecule has 0 bridgehead atoms. The van der Waals surface area contributed by atoms with Crippen LogP contribution < -0.4 is 4.74 Å². The van der Waals surface area contributed by atoms with E-state index in [4.69, 9.17) is 23.7 Å². The van der Waals surface area contributed by atoms with E-state index in [1.165, 1.54) is 89.0 Å². The van der Waals surface area contributed by atoms with Crippen molar-refractivity contribution in [1.82, 2.24) is 0 Å². The fourth-order valence-electron chi connectivity index (χ4n) is 5.40. The molecule has 5 nitrogen and oxygen atoms in total. The highest BCUT2D eigenvalue weighted by Gasteiger charge is 2.38. The highest BCUT2D eigenvalue weighted by atomic mass is 16.7. The fourth-order valence-corrected chi connectivity index (χ4v) is 5.40. The second-order valence-corrected chi connectivity index (χ2v) is 11.9. The van der Waals surface area contributed by atoms with E-state index < -0.39 is 0 Å². The third-order valence-corrected chi connectivity index (χ3v) is 8.04. The van der Waals surface area contributed by atoms with Crippen LogP contribution in [0.1, 0.15) is 114 Å². The van der Waals surface area contributed by atoms with Gasteiger partial charge in [0, 0.05) is 12.2 Å². The van der Waals surface area contributed by atoms with Crippen LogP contribution in [0.25, 0.3) is 0 Å². The lowest BCUT2D eigenvalue weighted by Gasteiger charge is -2.39. The predicted octanol–water partition coefficient (Wildman–Crippen LogP) is 9.44. The van der Waals surface area contributed by atoms with Gasteiger partial charge in [-0.15, -0.1) is 0 Å². The molecule has 1 aliphatic rings. The summed E-state index contributed by atoms with van der Waals surface area (Å²) in [5, 5.41) is 0. The number of benzene rings is 2. The predicted molar refractivity (Wildman–Crippen MR) is 167 cm³/mol. The molecular weight excluding hydrogens is 512 g/mol. The van der Waals surface area contributed by atoms with E-state index in [0.29, 0.717) is 33.0 Å². The lowest BCUT2D eigenvalue weighted by molar-refractivity contribution is -0.255. The number of methoxy groups -OCH3 is 1. The van der Waals surface area contributed by atoms with Gasteiger partial charge in [-0.1, -0.05) is 133 Å². The van der Waals surface area contributed by atoms with Gasteiger partial charge in [0.05, 0.1) is 45.6 Å². The molecule has 3 rings (SSSR count). The molecule has 2 aromatic rings. The van der Waals surface area contributed by atoms with Crippen LogP contribution >= 0.6 is 0 Å². The van der Waals surface area contributed by atoms with Crippen LogP contribution in [-0.4, -0.2) is 40.1 Å². The normalized spacial score (nSPS) is 18.9. The summed E-state index contributed by atoms with van der Waals surface area (Å²) >= 11 is 0. The molecular formula is C36H56O5. The number of hydrogen-bond donors (Lipinski definition) is 0. The zero-order chi connectivity index (χ0) is 28.9. The van der Waals surface area contributed by atoms with Crippen LogP contribution in [0.5, 0.6) is 5.75 Å². The standard InChI is InChI=1S/C36H56O5/c1-3-4-5-6-7-8-9-10-11-12-13-14-15-19-26-38-28-36(29-39-27-32-20-17-16-18-21-32)30-40-35(41-31-36)33-22-24-34(37-2)25-23-33/h16-18,20-25,35H,3-15,19,26-31H2,1-2H3. The third-order valence-electron chi connectivity index (χ3n) is 8.04. The molecule has 1 heterocycles. The lowest BCUT2D eigenvalue weighted by atomic mass is 9.91. The van der Waals surface area contributed by atoms with Gasteiger partial charge in [-0.25, -0.2) is 0 Å². The quantitative estimate of drug-likeness (QED) is 0.125. The van der Waals surface area contributed by atoms with Gasteiger partial charge in [-0.3, -0.25) is 0 Å². The van der Waals surface area contributed by atoms with Crippen molar-refractivity contribution < 1.29 is 23.7 Å². The monoisotopic (exact) mass is 568 g/mol. The van der Waals surface area contributed by atoms with Crippen molar-refractivity contribution in [2.45, 2.75) is 110 Å². The minimum absolute atomic E-state index is 0.312. The Morgan fingerprint density at radius 2 is 1.20 bits per heavy atom. The molecule has 230 valence electrons. The molecule has 0 saturated carbocycles. The second kappa shape index (κ2) is 20.9. The van der Waals surface area contributed by atoms with E-state index in [2.05, 4.69) is 19.1 Å². The maximum atomic E-state index is 6.21. The average Bonchev–Trinajstić information content (AvgIpc) is 3.02. The Labute approximate surface area is 250 Å². The minimum Gasteiger partial charge on any atom is -0.497 e. The van der Waals surface area contributed by atoms with Crippen molar-refractivity contribution in [2.75, 3.05) is 40.1 Å². The molecule has 0 unspecified atom stereocenters. The van der Waals surface area contributed by atoms with Crippen LogP contribution in [0.15, 0.2) is 54.6 Å².